The molecule has 1 fully saturated rings. The van der Waals surface area contributed by atoms with Crippen LogP contribution in [0.2, 0.25) is 0 Å². The van der Waals surface area contributed by atoms with Gasteiger partial charge in [-0.05, 0) is 36.6 Å². The fourth-order valence-electron chi connectivity index (χ4n) is 2.86. The minimum absolute atomic E-state index is 0.0854. The number of likely N-dealkylation sites (tertiary alicyclic amines) is 1. The number of carbonyl (C=O) groups excluding carboxylic acids is 1. The van der Waals surface area contributed by atoms with Gasteiger partial charge in [0.2, 0.25) is 0 Å². The van der Waals surface area contributed by atoms with Crippen molar-refractivity contribution in [3.05, 3.63) is 71.5 Å². The number of rotatable bonds is 4. The van der Waals surface area contributed by atoms with Crippen LogP contribution in [0.15, 0.2) is 54.6 Å². The van der Waals surface area contributed by atoms with E-state index >= 15 is 0 Å². The van der Waals surface area contributed by atoms with E-state index in [2.05, 4.69) is 17.0 Å². The molecule has 3 rings (SSSR count). The number of piperidine rings is 1. The maximum absolute atomic E-state index is 13.1. The number of hydrogen-bond donors (Lipinski definition) is 0. The number of halogens is 1. The number of esters is 1. The Balaban J connectivity index is 1.48. The van der Waals surface area contributed by atoms with Crippen LogP contribution in [0.4, 0.5) is 4.39 Å². The average molecular weight is 313 g/mol. The summed E-state index contributed by atoms with van der Waals surface area (Å²) in [5, 5.41) is 0. The van der Waals surface area contributed by atoms with Crippen molar-refractivity contribution in [3.63, 3.8) is 0 Å². The molecule has 1 heterocycles. The molecule has 120 valence electrons. The lowest BCUT2D eigenvalue weighted by molar-refractivity contribution is 0.0104. The first-order valence-electron chi connectivity index (χ1n) is 7.93. The molecular weight excluding hydrogens is 293 g/mol. The van der Waals surface area contributed by atoms with Gasteiger partial charge in [-0.15, -0.1) is 0 Å². The van der Waals surface area contributed by atoms with E-state index in [0.717, 1.165) is 32.5 Å². The third-order valence-corrected chi connectivity index (χ3v) is 4.12. The largest absolute Gasteiger partial charge is 0.459 e. The predicted molar refractivity (Wildman–Crippen MR) is 86.6 cm³/mol. The van der Waals surface area contributed by atoms with Gasteiger partial charge in [-0.3, -0.25) is 4.90 Å². The van der Waals surface area contributed by atoms with Crippen molar-refractivity contribution < 1.29 is 13.9 Å². The van der Waals surface area contributed by atoms with E-state index in [0.29, 0.717) is 0 Å². The van der Waals surface area contributed by atoms with Gasteiger partial charge in [0.25, 0.3) is 0 Å². The monoisotopic (exact) mass is 313 g/mol. The number of ether oxygens (including phenoxy) is 1. The fraction of sp³-hybridized carbons (Fsp3) is 0.316. The van der Waals surface area contributed by atoms with Gasteiger partial charge in [-0.1, -0.05) is 36.4 Å². The highest BCUT2D eigenvalue weighted by Gasteiger charge is 2.23. The van der Waals surface area contributed by atoms with E-state index in [1.165, 1.54) is 23.8 Å². The van der Waals surface area contributed by atoms with Crippen molar-refractivity contribution in [1.29, 1.82) is 0 Å². The summed E-state index contributed by atoms with van der Waals surface area (Å²) in [4.78, 5) is 14.4. The van der Waals surface area contributed by atoms with Crippen LogP contribution in [0.1, 0.15) is 28.8 Å². The molecule has 0 N–H and O–H groups in total. The van der Waals surface area contributed by atoms with E-state index in [4.69, 9.17) is 4.74 Å². The maximum atomic E-state index is 13.1. The van der Waals surface area contributed by atoms with Gasteiger partial charge in [-0.2, -0.15) is 0 Å². The molecule has 0 bridgehead atoms. The van der Waals surface area contributed by atoms with Crippen LogP contribution in [0.25, 0.3) is 0 Å². The van der Waals surface area contributed by atoms with E-state index < -0.39 is 11.8 Å². The highest BCUT2D eigenvalue weighted by molar-refractivity contribution is 5.89. The molecule has 23 heavy (non-hydrogen) atoms. The first kappa shape index (κ1) is 15.7. The normalized spacial score (nSPS) is 16.2. The van der Waals surface area contributed by atoms with E-state index in [1.54, 1.807) is 6.07 Å². The summed E-state index contributed by atoms with van der Waals surface area (Å²) in [5.41, 5.74) is 1.57. The maximum Gasteiger partial charge on any atom is 0.338 e. The summed E-state index contributed by atoms with van der Waals surface area (Å²) in [7, 11) is 0. The molecule has 1 saturated heterocycles. The van der Waals surface area contributed by atoms with Gasteiger partial charge in [0.1, 0.15) is 11.9 Å². The van der Waals surface area contributed by atoms with E-state index in [1.807, 2.05) is 18.2 Å². The lowest BCUT2D eigenvalue weighted by atomic mass is 10.1. The van der Waals surface area contributed by atoms with Crippen LogP contribution in [-0.4, -0.2) is 30.1 Å². The SMILES string of the molecule is O=C(OC1CCN(Cc2ccccc2)CC1)c1cccc(F)c1. The third kappa shape index (κ3) is 4.39. The van der Waals surface area contributed by atoms with E-state index in [-0.39, 0.29) is 11.7 Å². The van der Waals surface area contributed by atoms with Gasteiger partial charge < -0.3 is 4.74 Å². The zero-order chi connectivity index (χ0) is 16.1. The zero-order valence-corrected chi connectivity index (χ0v) is 13.0. The molecule has 0 aromatic heterocycles. The first-order valence-corrected chi connectivity index (χ1v) is 7.93. The molecule has 0 atom stereocenters. The molecule has 0 saturated carbocycles. The predicted octanol–water partition coefficient (Wildman–Crippen LogP) is 3.65. The van der Waals surface area contributed by atoms with Gasteiger partial charge in [0, 0.05) is 19.6 Å². The number of carbonyl (C=O) groups is 1. The molecule has 2 aromatic carbocycles. The van der Waals surface area contributed by atoms with Crippen LogP contribution in [-0.2, 0) is 11.3 Å². The van der Waals surface area contributed by atoms with Gasteiger partial charge in [0.05, 0.1) is 5.56 Å². The van der Waals surface area contributed by atoms with E-state index in [9.17, 15) is 9.18 Å². The molecule has 0 spiro atoms. The Hall–Kier alpha value is -2.20. The highest BCUT2D eigenvalue weighted by Crippen LogP contribution is 2.18. The van der Waals surface area contributed by atoms with Crippen LogP contribution < -0.4 is 0 Å². The molecule has 0 aliphatic carbocycles. The summed E-state index contributed by atoms with van der Waals surface area (Å²) in [6, 6.07) is 16.0. The summed E-state index contributed by atoms with van der Waals surface area (Å²) in [6.07, 6.45) is 1.54. The summed E-state index contributed by atoms with van der Waals surface area (Å²) in [6.45, 7) is 2.72. The van der Waals surface area contributed by atoms with Crippen molar-refractivity contribution in [2.45, 2.75) is 25.5 Å². The standard InChI is InChI=1S/C19H20FNO2/c20-17-8-4-7-16(13-17)19(22)23-18-9-11-21(12-10-18)14-15-5-2-1-3-6-15/h1-8,13,18H,9-12,14H2. The van der Waals surface area contributed by atoms with Gasteiger partial charge in [-0.25, -0.2) is 9.18 Å². The molecule has 0 unspecified atom stereocenters. The van der Waals surface area contributed by atoms with Crippen molar-refractivity contribution in [2.24, 2.45) is 0 Å². The van der Waals surface area contributed by atoms with Crippen LogP contribution in [0.3, 0.4) is 0 Å². The second kappa shape index (κ2) is 7.38. The molecule has 0 amide bonds. The van der Waals surface area contributed by atoms with Crippen molar-refractivity contribution in [3.8, 4) is 0 Å². The Kier molecular flexibility index (Phi) is 5.03. The van der Waals surface area contributed by atoms with Crippen molar-refractivity contribution in [1.82, 2.24) is 4.90 Å². The van der Waals surface area contributed by atoms with Gasteiger partial charge in [0.15, 0.2) is 0 Å². The molecular formula is C19H20FNO2. The average Bonchev–Trinajstić information content (AvgIpc) is 2.57. The number of nitrogens with zero attached hydrogens (tertiary/aromatic N) is 1. The molecule has 4 heteroatoms. The summed E-state index contributed by atoms with van der Waals surface area (Å²) >= 11 is 0. The second-order valence-electron chi connectivity index (χ2n) is 5.88. The number of hydrogen-bond acceptors (Lipinski definition) is 3. The second-order valence-corrected chi connectivity index (χ2v) is 5.88. The Morgan fingerprint density at radius 3 is 2.52 bits per heavy atom. The Morgan fingerprint density at radius 2 is 1.83 bits per heavy atom. The minimum Gasteiger partial charge on any atom is -0.459 e. The Bertz CT molecular complexity index is 651. The molecule has 1 aliphatic heterocycles. The lowest BCUT2D eigenvalue weighted by Crippen LogP contribution is -2.37. The molecule has 2 aromatic rings. The van der Waals surface area contributed by atoms with Crippen LogP contribution in [0.5, 0.6) is 0 Å². The minimum atomic E-state index is -0.439. The van der Waals surface area contributed by atoms with Crippen LogP contribution in [0, 0.1) is 5.82 Å². The first-order chi connectivity index (χ1) is 11.2. The number of benzene rings is 2. The van der Waals surface area contributed by atoms with Gasteiger partial charge >= 0.3 is 5.97 Å². The van der Waals surface area contributed by atoms with Crippen molar-refractivity contribution in [2.75, 3.05) is 13.1 Å². The van der Waals surface area contributed by atoms with Crippen LogP contribution >= 0.6 is 0 Å². The summed E-state index contributed by atoms with van der Waals surface area (Å²) < 4.78 is 18.6. The lowest BCUT2D eigenvalue weighted by Gasteiger charge is -2.31. The Morgan fingerprint density at radius 1 is 1.09 bits per heavy atom. The molecule has 3 nitrogen and oxygen atoms in total. The summed E-state index contributed by atoms with van der Waals surface area (Å²) in [5.74, 6) is -0.858. The fourth-order valence-corrected chi connectivity index (χ4v) is 2.86. The third-order valence-electron chi connectivity index (χ3n) is 4.12. The topological polar surface area (TPSA) is 29.5 Å². The Labute approximate surface area is 135 Å². The quantitative estimate of drug-likeness (QED) is 0.807. The molecule has 0 radical (unpaired) electrons. The highest BCUT2D eigenvalue weighted by atomic mass is 19.1. The smallest absolute Gasteiger partial charge is 0.338 e. The van der Waals surface area contributed by atoms with Crippen molar-refractivity contribution >= 4 is 5.97 Å². The molecule has 1 aliphatic rings. The zero-order valence-electron chi connectivity index (χ0n) is 13.0.